The van der Waals surface area contributed by atoms with Crippen LogP contribution in [0, 0.1) is 6.92 Å². The van der Waals surface area contributed by atoms with Gasteiger partial charge in [-0.05, 0) is 31.0 Å². The van der Waals surface area contributed by atoms with Crippen LogP contribution in [0.2, 0.25) is 5.15 Å². The molecule has 1 aromatic carbocycles. The SMILES string of the molecule is Cc1nc(Cl)cc(NCCc2ccc(O)cc2)n1. The lowest BCUT2D eigenvalue weighted by atomic mass is 10.1. The van der Waals surface area contributed by atoms with Crippen LogP contribution in [0.25, 0.3) is 0 Å². The fourth-order valence-corrected chi connectivity index (χ4v) is 1.85. The lowest BCUT2D eigenvalue weighted by Gasteiger charge is -2.06. The highest BCUT2D eigenvalue weighted by molar-refractivity contribution is 6.29. The number of phenolic OH excluding ortho intramolecular Hbond substituents is 1. The molecule has 0 amide bonds. The van der Waals surface area contributed by atoms with E-state index in [2.05, 4.69) is 15.3 Å². The van der Waals surface area contributed by atoms with Gasteiger partial charge in [-0.2, -0.15) is 0 Å². The van der Waals surface area contributed by atoms with Crippen molar-refractivity contribution in [2.45, 2.75) is 13.3 Å². The number of nitrogens with one attached hydrogen (secondary N) is 1. The number of rotatable bonds is 4. The number of phenols is 1. The number of anilines is 1. The first-order chi connectivity index (χ1) is 8.63. The Kier molecular flexibility index (Phi) is 3.99. The van der Waals surface area contributed by atoms with Crippen molar-refractivity contribution in [1.82, 2.24) is 9.97 Å². The maximum absolute atomic E-state index is 9.17. The molecule has 0 atom stereocenters. The lowest BCUT2D eigenvalue weighted by Crippen LogP contribution is -2.07. The molecule has 94 valence electrons. The third-order valence-corrected chi connectivity index (χ3v) is 2.66. The summed E-state index contributed by atoms with van der Waals surface area (Å²) >= 11 is 5.84. The number of aromatic nitrogens is 2. The molecule has 0 saturated carbocycles. The molecule has 0 bridgehead atoms. The fourth-order valence-electron chi connectivity index (χ4n) is 1.62. The van der Waals surface area contributed by atoms with Gasteiger partial charge < -0.3 is 10.4 Å². The van der Waals surface area contributed by atoms with Gasteiger partial charge in [0.15, 0.2) is 0 Å². The second kappa shape index (κ2) is 5.69. The van der Waals surface area contributed by atoms with Crippen molar-refractivity contribution in [2.75, 3.05) is 11.9 Å². The van der Waals surface area contributed by atoms with E-state index in [1.807, 2.05) is 12.1 Å². The van der Waals surface area contributed by atoms with Gasteiger partial charge in [0, 0.05) is 12.6 Å². The zero-order chi connectivity index (χ0) is 13.0. The Balaban J connectivity index is 1.90. The third-order valence-electron chi connectivity index (χ3n) is 2.46. The molecule has 1 aromatic heterocycles. The van der Waals surface area contributed by atoms with Crippen LogP contribution in [-0.2, 0) is 6.42 Å². The maximum atomic E-state index is 9.17. The molecule has 0 aliphatic rings. The zero-order valence-corrected chi connectivity index (χ0v) is 10.8. The maximum Gasteiger partial charge on any atom is 0.134 e. The Morgan fingerprint density at radius 3 is 2.61 bits per heavy atom. The predicted octanol–water partition coefficient (Wildman–Crippen LogP) is 2.80. The van der Waals surface area contributed by atoms with Crippen LogP contribution in [0.4, 0.5) is 5.82 Å². The first-order valence-electron chi connectivity index (χ1n) is 5.66. The van der Waals surface area contributed by atoms with E-state index in [1.165, 1.54) is 0 Å². The van der Waals surface area contributed by atoms with E-state index in [0.717, 1.165) is 24.3 Å². The molecule has 0 radical (unpaired) electrons. The second-order valence-corrected chi connectivity index (χ2v) is 4.35. The van der Waals surface area contributed by atoms with Gasteiger partial charge in [-0.25, -0.2) is 9.97 Å². The fraction of sp³-hybridized carbons (Fsp3) is 0.231. The Labute approximate surface area is 111 Å². The van der Waals surface area contributed by atoms with Gasteiger partial charge in [-0.1, -0.05) is 23.7 Å². The minimum Gasteiger partial charge on any atom is -0.508 e. The highest BCUT2D eigenvalue weighted by Crippen LogP contribution is 2.12. The molecule has 2 rings (SSSR count). The molecule has 2 aromatic rings. The first kappa shape index (κ1) is 12.6. The summed E-state index contributed by atoms with van der Waals surface area (Å²) in [7, 11) is 0. The highest BCUT2D eigenvalue weighted by Gasteiger charge is 1.99. The Morgan fingerprint density at radius 1 is 1.22 bits per heavy atom. The minimum absolute atomic E-state index is 0.282. The van der Waals surface area contributed by atoms with E-state index < -0.39 is 0 Å². The van der Waals surface area contributed by atoms with Gasteiger partial charge in [0.2, 0.25) is 0 Å². The number of hydrogen-bond acceptors (Lipinski definition) is 4. The molecule has 18 heavy (non-hydrogen) atoms. The average molecular weight is 264 g/mol. The van der Waals surface area contributed by atoms with Crippen molar-refractivity contribution in [3.63, 3.8) is 0 Å². The van der Waals surface area contributed by atoms with E-state index >= 15 is 0 Å². The molecular weight excluding hydrogens is 250 g/mol. The molecular formula is C13H14ClN3O. The summed E-state index contributed by atoms with van der Waals surface area (Å²) in [6.07, 6.45) is 0.848. The van der Waals surface area contributed by atoms with E-state index in [0.29, 0.717) is 11.0 Å². The van der Waals surface area contributed by atoms with E-state index in [1.54, 1.807) is 25.1 Å². The van der Waals surface area contributed by atoms with Crippen LogP contribution in [0.3, 0.4) is 0 Å². The molecule has 0 fully saturated rings. The van der Waals surface area contributed by atoms with Crippen LogP contribution in [0.5, 0.6) is 5.75 Å². The van der Waals surface area contributed by atoms with E-state index in [-0.39, 0.29) is 5.75 Å². The molecule has 2 N–H and O–H groups in total. The second-order valence-electron chi connectivity index (χ2n) is 3.97. The molecule has 4 nitrogen and oxygen atoms in total. The summed E-state index contributed by atoms with van der Waals surface area (Å²) in [5, 5.41) is 12.8. The van der Waals surface area contributed by atoms with Crippen molar-refractivity contribution in [3.05, 3.63) is 46.9 Å². The molecule has 0 saturated heterocycles. The van der Waals surface area contributed by atoms with Crippen molar-refractivity contribution < 1.29 is 5.11 Å². The summed E-state index contributed by atoms with van der Waals surface area (Å²) < 4.78 is 0. The average Bonchev–Trinajstić information content (AvgIpc) is 2.30. The van der Waals surface area contributed by atoms with Crippen molar-refractivity contribution in [3.8, 4) is 5.75 Å². The van der Waals surface area contributed by atoms with Crippen LogP contribution in [0.1, 0.15) is 11.4 Å². The lowest BCUT2D eigenvalue weighted by molar-refractivity contribution is 0.475. The van der Waals surface area contributed by atoms with Crippen molar-refractivity contribution in [2.24, 2.45) is 0 Å². The van der Waals surface area contributed by atoms with Crippen LogP contribution >= 0.6 is 11.6 Å². The summed E-state index contributed by atoms with van der Waals surface area (Å²) in [6.45, 7) is 2.55. The minimum atomic E-state index is 0.282. The first-order valence-corrected chi connectivity index (χ1v) is 6.04. The van der Waals surface area contributed by atoms with E-state index in [9.17, 15) is 5.11 Å². The van der Waals surface area contributed by atoms with Gasteiger partial charge in [0.25, 0.3) is 0 Å². The summed E-state index contributed by atoms with van der Waals surface area (Å²) in [5.41, 5.74) is 1.15. The molecule has 0 spiro atoms. The third kappa shape index (κ3) is 3.60. The molecule has 1 heterocycles. The Morgan fingerprint density at radius 2 is 1.94 bits per heavy atom. The van der Waals surface area contributed by atoms with Crippen molar-refractivity contribution >= 4 is 17.4 Å². The summed E-state index contributed by atoms with van der Waals surface area (Å²) in [4.78, 5) is 8.23. The number of nitrogens with zero attached hydrogens (tertiary/aromatic N) is 2. The largest absolute Gasteiger partial charge is 0.508 e. The number of halogens is 1. The molecule has 5 heteroatoms. The smallest absolute Gasteiger partial charge is 0.134 e. The monoisotopic (exact) mass is 263 g/mol. The van der Waals surface area contributed by atoms with Crippen LogP contribution in [0.15, 0.2) is 30.3 Å². The number of hydrogen-bond donors (Lipinski definition) is 2. The topological polar surface area (TPSA) is 58.0 Å². The van der Waals surface area contributed by atoms with Crippen LogP contribution in [-0.4, -0.2) is 21.6 Å². The van der Waals surface area contributed by atoms with E-state index in [4.69, 9.17) is 11.6 Å². The Hall–Kier alpha value is -1.81. The standard InChI is InChI=1S/C13H14ClN3O/c1-9-16-12(14)8-13(17-9)15-7-6-10-2-4-11(18)5-3-10/h2-5,8,18H,6-7H2,1H3,(H,15,16,17). The molecule has 0 unspecified atom stereocenters. The number of aryl methyl sites for hydroxylation is 1. The number of benzene rings is 1. The van der Waals surface area contributed by atoms with Gasteiger partial charge in [-0.3, -0.25) is 0 Å². The number of aromatic hydroxyl groups is 1. The van der Waals surface area contributed by atoms with Gasteiger partial charge >= 0.3 is 0 Å². The summed E-state index contributed by atoms with van der Waals surface area (Å²) in [5.74, 6) is 1.66. The normalized spacial score (nSPS) is 10.3. The van der Waals surface area contributed by atoms with Crippen molar-refractivity contribution in [1.29, 1.82) is 0 Å². The highest BCUT2D eigenvalue weighted by atomic mass is 35.5. The zero-order valence-electron chi connectivity index (χ0n) is 10.0. The van der Waals surface area contributed by atoms with Gasteiger partial charge in [0.1, 0.15) is 22.5 Å². The van der Waals surface area contributed by atoms with Gasteiger partial charge in [0.05, 0.1) is 0 Å². The van der Waals surface area contributed by atoms with Gasteiger partial charge in [-0.15, -0.1) is 0 Å². The molecule has 0 aliphatic heterocycles. The predicted molar refractivity (Wildman–Crippen MR) is 72.1 cm³/mol. The quantitative estimate of drug-likeness (QED) is 0.833. The molecule has 0 aliphatic carbocycles. The Bertz CT molecular complexity index is 508. The summed E-state index contributed by atoms with van der Waals surface area (Å²) in [6, 6.07) is 8.86. The van der Waals surface area contributed by atoms with Crippen LogP contribution < -0.4 is 5.32 Å².